The third-order valence-electron chi connectivity index (χ3n) is 10.2. The maximum atomic E-state index is 13.8. The van der Waals surface area contributed by atoms with E-state index in [9.17, 15) is 58.5 Å². The maximum Gasteiger partial charge on any atom is 0.336 e. The zero-order valence-electron chi connectivity index (χ0n) is 33.4. The number of amides is 9. The van der Waals surface area contributed by atoms with E-state index in [1.165, 1.54) is 62.9 Å². The molecule has 9 amide bonds. The topological polar surface area (TPSA) is 276 Å². The van der Waals surface area contributed by atoms with Crippen molar-refractivity contribution >= 4 is 35.8 Å². The van der Waals surface area contributed by atoms with Gasteiger partial charge in [0.15, 0.2) is 0 Å². The summed E-state index contributed by atoms with van der Waals surface area (Å²) in [5.74, 6) is -2.16. The first-order valence-corrected chi connectivity index (χ1v) is 17.8. The molecular formula is C33H51N9O15. The first-order chi connectivity index (χ1) is 26.4. The van der Waals surface area contributed by atoms with Crippen LogP contribution in [0.5, 0.6) is 0 Å². The molecule has 3 N–H and O–H groups in total. The van der Waals surface area contributed by atoms with Crippen LogP contribution in [0.15, 0.2) is 14.4 Å². The molecule has 3 aliphatic rings. The normalized spacial score (nSPS) is 20.8. The molecule has 3 unspecified atom stereocenters. The van der Waals surface area contributed by atoms with Gasteiger partial charge in [-0.25, -0.2) is 42.5 Å². The zero-order chi connectivity index (χ0) is 43.1. The number of carbonyl (C=O) groups is 6. The number of urea groups is 3. The van der Waals surface area contributed by atoms with E-state index in [4.69, 9.17) is 14.2 Å². The van der Waals surface area contributed by atoms with Crippen LogP contribution in [0, 0.1) is 0 Å². The van der Waals surface area contributed by atoms with Gasteiger partial charge in [0.2, 0.25) is 0 Å². The molecule has 0 saturated carbocycles. The summed E-state index contributed by atoms with van der Waals surface area (Å²) in [4.78, 5) is 126. The van der Waals surface area contributed by atoms with E-state index in [1.807, 2.05) is 0 Å². The first-order valence-electron chi connectivity index (χ1n) is 17.8. The molecule has 0 aromatic carbocycles. The third-order valence-corrected chi connectivity index (χ3v) is 10.2. The van der Waals surface area contributed by atoms with Gasteiger partial charge in [-0.15, -0.1) is 0 Å². The number of imide groups is 3. The Balaban J connectivity index is 1.69. The van der Waals surface area contributed by atoms with Gasteiger partial charge in [-0.3, -0.25) is 43.8 Å². The molecule has 0 aliphatic carbocycles. The quantitative estimate of drug-likeness (QED) is 0.120. The average molecular weight is 814 g/mol. The van der Waals surface area contributed by atoms with Crippen LogP contribution >= 0.6 is 0 Å². The molecule has 24 nitrogen and oxygen atoms in total. The summed E-state index contributed by atoms with van der Waals surface area (Å²) in [5, 5.41) is 33.3. The van der Waals surface area contributed by atoms with Crippen LogP contribution in [0.1, 0.15) is 41.5 Å². The van der Waals surface area contributed by atoms with Gasteiger partial charge in [-0.05, 0) is 41.5 Å². The van der Waals surface area contributed by atoms with Crippen molar-refractivity contribution < 1.29 is 58.3 Å². The predicted octanol–water partition coefficient (Wildman–Crippen LogP) is -3.81. The summed E-state index contributed by atoms with van der Waals surface area (Å²) in [6, 6.07) is -2.49. The van der Waals surface area contributed by atoms with Crippen LogP contribution in [-0.2, 0) is 48.2 Å². The third kappa shape index (κ3) is 7.96. The van der Waals surface area contributed by atoms with Crippen LogP contribution in [0.2, 0.25) is 0 Å². The number of hydrogen-bond donors (Lipinski definition) is 3. The lowest BCUT2D eigenvalue weighted by atomic mass is 10.0. The number of carbonyl (C=O) groups excluding carboxylic acids is 6. The van der Waals surface area contributed by atoms with Gasteiger partial charge in [-0.2, -0.15) is 0 Å². The molecule has 0 bridgehead atoms. The van der Waals surface area contributed by atoms with Crippen molar-refractivity contribution in [2.24, 2.45) is 0 Å². The number of nitrogens with zero attached hydrogens (tertiary/aromatic N) is 9. The van der Waals surface area contributed by atoms with Gasteiger partial charge in [0.1, 0.15) is 36.8 Å². The minimum atomic E-state index is -1.79. The van der Waals surface area contributed by atoms with Crippen LogP contribution in [0.3, 0.4) is 0 Å². The molecule has 0 radical (unpaired) electrons. The molecule has 0 spiro atoms. The molecular weight excluding hydrogens is 762 g/mol. The number of β-amino-alcohol motifs (C(OH)–C–C–N with tert-alkyl or cyclic N) is 3. The average Bonchev–Trinajstić information content (AvgIpc) is 3.47. The van der Waals surface area contributed by atoms with Crippen LogP contribution < -0.4 is 17.1 Å². The van der Waals surface area contributed by atoms with E-state index in [0.717, 1.165) is 14.7 Å². The Morgan fingerprint density at radius 1 is 0.421 bits per heavy atom. The maximum absolute atomic E-state index is 13.8. The lowest BCUT2D eigenvalue weighted by Crippen LogP contribution is -2.58. The van der Waals surface area contributed by atoms with E-state index >= 15 is 0 Å². The highest BCUT2D eigenvalue weighted by Crippen LogP contribution is 2.30. The zero-order valence-corrected chi connectivity index (χ0v) is 33.4. The van der Waals surface area contributed by atoms with E-state index < -0.39 is 127 Å². The molecule has 3 saturated heterocycles. The number of aliphatic hydroxyl groups is 3. The summed E-state index contributed by atoms with van der Waals surface area (Å²) in [7, 11) is 3.92. The highest BCUT2D eigenvalue weighted by molar-refractivity contribution is 6.07. The van der Waals surface area contributed by atoms with Gasteiger partial charge in [0.25, 0.3) is 17.7 Å². The van der Waals surface area contributed by atoms with Crippen molar-refractivity contribution in [1.29, 1.82) is 0 Å². The van der Waals surface area contributed by atoms with Gasteiger partial charge in [-0.1, -0.05) is 0 Å². The Bertz CT molecular complexity index is 1720. The fourth-order valence-electron chi connectivity index (χ4n) is 6.86. The molecule has 1 aromatic rings. The van der Waals surface area contributed by atoms with Gasteiger partial charge in [0, 0.05) is 21.3 Å². The second-order valence-corrected chi connectivity index (χ2v) is 15.5. The highest BCUT2D eigenvalue weighted by Gasteiger charge is 2.54. The summed E-state index contributed by atoms with van der Waals surface area (Å²) < 4.78 is 16.2. The van der Waals surface area contributed by atoms with Crippen molar-refractivity contribution in [3.63, 3.8) is 0 Å². The van der Waals surface area contributed by atoms with Crippen LogP contribution in [-0.4, -0.2) is 190 Å². The Morgan fingerprint density at radius 3 is 0.825 bits per heavy atom. The van der Waals surface area contributed by atoms with Crippen molar-refractivity contribution in [2.75, 3.05) is 61.2 Å². The van der Waals surface area contributed by atoms with Gasteiger partial charge < -0.3 is 29.5 Å². The number of aromatic nitrogens is 3. The number of hydrogen-bond acceptors (Lipinski definition) is 15. The number of ether oxygens (including phenoxy) is 3. The van der Waals surface area contributed by atoms with E-state index in [1.54, 1.807) is 0 Å². The lowest BCUT2D eigenvalue weighted by molar-refractivity contribution is -0.134. The van der Waals surface area contributed by atoms with Crippen LogP contribution in [0.4, 0.5) is 14.4 Å². The van der Waals surface area contributed by atoms with Crippen molar-refractivity contribution in [1.82, 2.24) is 43.1 Å². The predicted molar refractivity (Wildman–Crippen MR) is 192 cm³/mol. The van der Waals surface area contributed by atoms with Crippen LogP contribution in [0.25, 0.3) is 0 Å². The Morgan fingerprint density at radius 2 is 0.632 bits per heavy atom. The molecule has 24 heteroatoms. The minimum absolute atomic E-state index is 0.267. The fourth-order valence-corrected chi connectivity index (χ4v) is 6.86. The SMILES string of the molecule is COCN1C(=O)N(CC(O)Cn2c(=O)n(CC(O)CN3C(=O)N(COC)C(C)(C)C3=O)c(=O)n(CC(O)CN3C(=O)N(COC)C(C)(C)C3=O)c2=O)C(=O)C1(C)C. The van der Waals surface area contributed by atoms with Crippen molar-refractivity contribution in [3.8, 4) is 0 Å². The minimum Gasteiger partial charge on any atom is -0.389 e. The van der Waals surface area contributed by atoms with E-state index in [-0.39, 0.29) is 20.2 Å². The molecule has 57 heavy (non-hydrogen) atoms. The summed E-state index contributed by atoms with van der Waals surface area (Å²) >= 11 is 0. The molecule has 318 valence electrons. The van der Waals surface area contributed by atoms with Crippen molar-refractivity contribution in [3.05, 3.63) is 31.5 Å². The Kier molecular flexibility index (Phi) is 12.9. The Hall–Kier alpha value is -5.01. The van der Waals surface area contributed by atoms with Crippen molar-refractivity contribution in [2.45, 2.75) is 96.1 Å². The highest BCUT2D eigenvalue weighted by atomic mass is 16.5. The first kappa shape index (κ1) is 44.7. The molecule has 4 rings (SSSR count). The fraction of sp³-hybridized carbons (Fsp3) is 0.727. The molecule has 3 fully saturated rings. The molecule has 4 heterocycles. The van der Waals surface area contributed by atoms with E-state index in [2.05, 4.69) is 0 Å². The standard InChI is InChI=1S/C33H51N9O15/c1-31(2)22(46)34(28(52)40(31)16-55-7)10-19(43)13-37-25(49)38(14-20(44)11-35-23(47)32(3,4)41(17-56-8)29(35)53)27(51)39(26(37)50)15-21(45)12-36-24(48)33(5,6)42(18-57-9)30(36)54/h19-21,43-45H,10-18H2,1-9H3. The van der Waals surface area contributed by atoms with Gasteiger partial charge >= 0.3 is 35.2 Å². The summed E-state index contributed by atoms with van der Waals surface area (Å²) in [5.41, 5.74) is -8.27. The number of aliphatic hydroxyl groups excluding tert-OH is 3. The second kappa shape index (κ2) is 16.5. The monoisotopic (exact) mass is 813 g/mol. The largest absolute Gasteiger partial charge is 0.389 e. The van der Waals surface area contributed by atoms with Gasteiger partial charge in [0.05, 0.1) is 57.6 Å². The Labute approximate surface area is 325 Å². The lowest BCUT2D eigenvalue weighted by Gasteiger charge is -2.26. The van der Waals surface area contributed by atoms with E-state index in [0.29, 0.717) is 28.4 Å². The summed E-state index contributed by atoms with van der Waals surface area (Å²) in [6.07, 6.45) is -5.38. The second-order valence-electron chi connectivity index (χ2n) is 15.5. The molecule has 1 aromatic heterocycles. The smallest absolute Gasteiger partial charge is 0.336 e. The number of methoxy groups -OCH3 is 3. The molecule has 3 atom stereocenters. The molecule has 3 aliphatic heterocycles. The summed E-state index contributed by atoms with van der Waals surface area (Å²) in [6.45, 7) is 3.02. The number of rotatable bonds is 18.